The Bertz CT molecular complexity index is 226. The first-order chi connectivity index (χ1) is 4.74. The van der Waals surface area contributed by atoms with E-state index in [1.165, 1.54) is 0 Å². The smallest absolute Gasteiger partial charge is 0.151 e. The predicted molar refractivity (Wildman–Crippen MR) is 44.1 cm³/mol. The summed E-state index contributed by atoms with van der Waals surface area (Å²) in [7, 11) is 1.76. The lowest BCUT2D eigenvalue weighted by atomic mass is 10.4. The summed E-state index contributed by atoms with van der Waals surface area (Å²) in [6, 6.07) is 1.69. The number of nitrogens with one attached hydrogen (secondary N) is 1. The van der Waals surface area contributed by atoms with Crippen molar-refractivity contribution < 1.29 is 5.21 Å². The maximum Gasteiger partial charge on any atom is 0.151 e. The van der Waals surface area contributed by atoms with E-state index in [9.17, 15) is 0 Å². The lowest BCUT2D eigenvalue weighted by Crippen LogP contribution is -2.10. The van der Waals surface area contributed by atoms with Gasteiger partial charge in [0.25, 0.3) is 0 Å². The van der Waals surface area contributed by atoms with E-state index < -0.39 is 0 Å². The lowest BCUT2D eigenvalue weighted by Gasteiger charge is -1.96. The molecule has 0 amide bonds. The molecule has 0 unspecified atom stereocenters. The summed E-state index contributed by atoms with van der Waals surface area (Å²) >= 11 is 5.56. The van der Waals surface area contributed by atoms with Crippen LogP contribution in [0.1, 0.15) is 5.69 Å². The molecule has 0 spiro atoms. The highest BCUT2D eigenvalue weighted by atomic mass is 35.5. The number of hydrogen-bond acceptors (Lipinski definition) is 3. The normalized spacial score (nSPS) is 9.36. The van der Waals surface area contributed by atoms with Gasteiger partial charge in [-0.3, -0.25) is 4.68 Å². The fraction of sp³-hybridized carbons (Fsp3) is 0.400. The minimum atomic E-state index is 0. The zero-order chi connectivity index (χ0) is 7.56. The molecule has 1 heterocycles. The van der Waals surface area contributed by atoms with E-state index in [1.54, 1.807) is 17.8 Å². The molecule has 0 atom stereocenters. The van der Waals surface area contributed by atoms with E-state index in [0.717, 1.165) is 5.69 Å². The molecule has 1 aromatic rings. The third-order valence-electron chi connectivity index (χ3n) is 1.21. The highest BCUT2D eigenvalue weighted by Crippen LogP contribution is 2.07. The van der Waals surface area contributed by atoms with Crippen molar-refractivity contribution in [3.63, 3.8) is 0 Å². The molecule has 1 rings (SSSR count). The highest BCUT2D eigenvalue weighted by Gasteiger charge is 2.00. The van der Waals surface area contributed by atoms with Gasteiger partial charge in [-0.15, -0.1) is 12.4 Å². The van der Waals surface area contributed by atoms with Crippen LogP contribution in [0.3, 0.4) is 0 Å². The van der Waals surface area contributed by atoms with Gasteiger partial charge >= 0.3 is 0 Å². The fourth-order valence-electron chi connectivity index (χ4n) is 0.714. The van der Waals surface area contributed by atoms with Crippen LogP contribution in [-0.2, 0) is 13.6 Å². The first-order valence-electron chi connectivity index (χ1n) is 2.79. The average Bonchev–Trinajstić information content (AvgIpc) is 2.13. The molecule has 0 radical (unpaired) electrons. The second-order valence-electron chi connectivity index (χ2n) is 1.92. The Balaban J connectivity index is 0.000001000. The number of rotatable bonds is 2. The van der Waals surface area contributed by atoms with Crippen LogP contribution in [0.25, 0.3) is 0 Å². The van der Waals surface area contributed by atoms with Crippen LogP contribution in [0, 0.1) is 0 Å². The molecule has 0 fully saturated rings. The third kappa shape index (κ3) is 2.67. The van der Waals surface area contributed by atoms with Crippen LogP contribution < -0.4 is 5.48 Å². The van der Waals surface area contributed by atoms with E-state index in [-0.39, 0.29) is 12.4 Å². The first-order valence-corrected chi connectivity index (χ1v) is 3.17. The van der Waals surface area contributed by atoms with E-state index in [1.807, 2.05) is 5.48 Å². The molecule has 0 aliphatic carbocycles. The molecule has 0 aromatic carbocycles. The zero-order valence-corrected chi connectivity index (χ0v) is 7.48. The molecule has 64 valence electrons. The number of aryl methyl sites for hydroxylation is 1. The predicted octanol–water partition coefficient (Wildman–Crippen LogP) is 0.974. The van der Waals surface area contributed by atoms with Gasteiger partial charge in [-0.2, -0.15) is 10.6 Å². The Hall–Kier alpha value is -0.290. The van der Waals surface area contributed by atoms with Crippen molar-refractivity contribution in [3.8, 4) is 0 Å². The van der Waals surface area contributed by atoms with E-state index >= 15 is 0 Å². The van der Waals surface area contributed by atoms with Gasteiger partial charge in [0.05, 0.1) is 12.2 Å². The Kier molecular flexibility index (Phi) is 4.44. The van der Waals surface area contributed by atoms with Crippen molar-refractivity contribution in [1.29, 1.82) is 0 Å². The molecule has 6 heteroatoms. The first kappa shape index (κ1) is 10.7. The molecule has 0 saturated heterocycles. The van der Waals surface area contributed by atoms with Gasteiger partial charge in [0.1, 0.15) is 0 Å². The summed E-state index contributed by atoms with van der Waals surface area (Å²) in [5.41, 5.74) is 2.86. The van der Waals surface area contributed by atoms with E-state index in [4.69, 9.17) is 16.8 Å². The second-order valence-corrected chi connectivity index (χ2v) is 2.30. The lowest BCUT2D eigenvalue weighted by molar-refractivity contribution is 0.158. The Morgan fingerprint density at radius 3 is 2.82 bits per heavy atom. The third-order valence-corrected chi connectivity index (χ3v) is 1.39. The van der Waals surface area contributed by atoms with E-state index in [0.29, 0.717) is 11.7 Å². The SMILES string of the molecule is Cl.Cn1nc(Cl)cc1CNO. The van der Waals surface area contributed by atoms with Gasteiger partial charge < -0.3 is 5.21 Å². The molecule has 1 aromatic heterocycles. The summed E-state index contributed by atoms with van der Waals surface area (Å²) < 4.78 is 1.60. The van der Waals surface area contributed by atoms with Crippen LogP contribution in [0.2, 0.25) is 5.15 Å². The Morgan fingerprint density at radius 1 is 1.82 bits per heavy atom. The van der Waals surface area contributed by atoms with Crippen LogP contribution in [0.15, 0.2) is 6.07 Å². The molecule has 4 nitrogen and oxygen atoms in total. The maximum absolute atomic E-state index is 8.32. The van der Waals surface area contributed by atoms with Gasteiger partial charge in [-0.25, -0.2) is 0 Å². The summed E-state index contributed by atoms with van der Waals surface area (Å²) in [5.74, 6) is 0. The number of nitrogens with zero attached hydrogens (tertiary/aromatic N) is 2. The van der Waals surface area contributed by atoms with Crippen LogP contribution in [-0.4, -0.2) is 15.0 Å². The summed E-state index contributed by atoms with van der Waals surface area (Å²) in [6.07, 6.45) is 0. The largest absolute Gasteiger partial charge is 0.316 e. The van der Waals surface area contributed by atoms with Crippen molar-refractivity contribution >= 4 is 24.0 Å². The molecule has 0 aliphatic rings. The van der Waals surface area contributed by atoms with Gasteiger partial charge in [0.15, 0.2) is 5.15 Å². The van der Waals surface area contributed by atoms with Crippen LogP contribution in [0.4, 0.5) is 0 Å². The number of halogens is 2. The standard InChI is InChI=1S/C5H8ClN3O.ClH/c1-9-4(3-7-10)2-5(6)8-9;/h2,7,10H,3H2,1H3;1H. The quantitative estimate of drug-likeness (QED) is 0.696. The van der Waals surface area contributed by atoms with Crippen LogP contribution >= 0.6 is 24.0 Å². The maximum atomic E-state index is 8.32. The molecule has 2 N–H and O–H groups in total. The van der Waals surface area contributed by atoms with Gasteiger partial charge in [-0.1, -0.05) is 11.6 Å². The minimum absolute atomic E-state index is 0. The number of aromatic nitrogens is 2. The van der Waals surface area contributed by atoms with Crippen molar-refractivity contribution in [3.05, 3.63) is 16.9 Å². The molecule has 0 aliphatic heterocycles. The van der Waals surface area contributed by atoms with E-state index in [2.05, 4.69) is 5.10 Å². The van der Waals surface area contributed by atoms with Gasteiger partial charge in [0, 0.05) is 7.05 Å². The van der Waals surface area contributed by atoms with Crippen LogP contribution in [0.5, 0.6) is 0 Å². The number of hydrogen-bond donors (Lipinski definition) is 2. The van der Waals surface area contributed by atoms with Crippen molar-refractivity contribution in [2.24, 2.45) is 7.05 Å². The monoisotopic (exact) mass is 197 g/mol. The molecule has 0 saturated carbocycles. The fourth-order valence-corrected chi connectivity index (χ4v) is 0.953. The molecule has 11 heavy (non-hydrogen) atoms. The van der Waals surface area contributed by atoms with Crippen molar-refractivity contribution in [2.45, 2.75) is 6.54 Å². The average molecular weight is 198 g/mol. The number of hydroxylamine groups is 1. The summed E-state index contributed by atoms with van der Waals surface area (Å²) in [6.45, 7) is 0.357. The topological polar surface area (TPSA) is 50.1 Å². The summed E-state index contributed by atoms with van der Waals surface area (Å²) in [4.78, 5) is 0. The minimum Gasteiger partial charge on any atom is -0.316 e. The zero-order valence-electron chi connectivity index (χ0n) is 5.91. The Labute approximate surface area is 75.5 Å². The van der Waals surface area contributed by atoms with Gasteiger partial charge in [0.2, 0.25) is 0 Å². The second kappa shape index (κ2) is 4.56. The highest BCUT2D eigenvalue weighted by molar-refractivity contribution is 6.29. The van der Waals surface area contributed by atoms with Crippen molar-refractivity contribution in [1.82, 2.24) is 15.3 Å². The molecule has 0 bridgehead atoms. The molecular formula is C5H9Cl2N3O. The van der Waals surface area contributed by atoms with Gasteiger partial charge in [-0.05, 0) is 6.07 Å². The summed E-state index contributed by atoms with van der Waals surface area (Å²) in [5, 5.41) is 12.6. The Morgan fingerprint density at radius 2 is 2.45 bits per heavy atom. The van der Waals surface area contributed by atoms with Crippen molar-refractivity contribution in [2.75, 3.05) is 0 Å². The molecular weight excluding hydrogens is 189 g/mol.